The number of amidine groups is 1. The molecule has 0 heterocycles. The normalized spacial score (nSPS) is 11.0. The fourth-order valence-electron chi connectivity index (χ4n) is 2.42. The number of nitrogens with two attached hydrogens (primary N) is 1. The summed E-state index contributed by atoms with van der Waals surface area (Å²) in [6, 6.07) is 20.9. The number of ether oxygens (including phenoxy) is 2. The van der Waals surface area contributed by atoms with Gasteiger partial charge in [-0.3, -0.25) is 0 Å². The van der Waals surface area contributed by atoms with Crippen molar-refractivity contribution < 1.29 is 19.1 Å². The van der Waals surface area contributed by atoms with E-state index in [0.29, 0.717) is 34.3 Å². The molecule has 0 radical (unpaired) electrons. The first kappa shape index (κ1) is 20.2. The largest absolute Gasteiger partial charge is 0.497 e. The van der Waals surface area contributed by atoms with E-state index in [2.05, 4.69) is 5.16 Å². The van der Waals surface area contributed by atoms with Crippen LogP contribution in [0.5, 0.6) is 11.5 Å². The Morgan fingerprint density at radius 1 is 0.931 bits per heavy atom. The summed E-state index contributed by atoms with van der Waals surface area (Å²) in [5.74, 6) is 0.748. The third-order valence-electron chi connectivity index (χ3n) is 4.05. The van der Waals surface area contributed by atoms with Crippen LogP contribution >= 0.6 is 11.6 Å². The van der Waals surface area contributed by atoms with Crippen molar-refractivity contribution >= 4 is 23.4 Å². The summed E-state index contributed by atoms with van der Waals surface area (Å²) >= 11 is 6.11. The van der Waals surface area contributed by atoms with Gasteiger partial charge in [0.2, 0.25) is 0 Å². The first-order valence-corrected chi connectivity index (χ1v) is 9.10. The molecular formula is C22H19ClN2O4. The van der Waals surface area contributed by atoms with Crippen LogP contribution < -0.4 is 15.2 Å². The van der Waals surface area contributed by atoms with E-state index in [-0.39, 0.29) is 5.84 Å². The fraction of sp³-hybridized carbons (Fsp3) is 0.0909. The molecule has 3 rings (SSSR count). The number of benzene rings is 3. The van der Waals surface area contributed by atoms with Crippen molar-refractivity contribution in [3.8, 4) is 11.5 Å². The summed E-state index contributed by atoms with van der Waals surface area (Å²) < 4.78 is 10.8. The fourth-order valence-corrected chi connectivity index (χ4v) is 2.61. The standard InChI is InChI=1S/C22H19ClN2O4/c1-27-18-10-6-15(7-11-18)21(24)25-29-22(26)16-8-12-19(13-9-16)28-14-17-4-2-3-5-20(17)23/h2-13H,14H2,1H3,(H2,24,25). The van der Waals surface area contributed by atoms with E-state index in [1.165, 1.54) is 0 Å². The number of carbonyl (C=O) groups excluding carboxylic acids is 1. The predicted molar refractivity (Wildman–Crippen MR) is 111 cm³/mol. The minimum Gasteiger partial charge on any atom is -0.497 e. The van der Waals surface area contributed by atoms with Gasteiger partial charge in [-0.25, -0.2) is 4.79 Å². The molecule has 0 amide bonds. The topological polar surface area (TPSA) is 83.1 Å². The molecule has 0 unspecified atom stereocenters. The molecule has 0 spiro atoms. The van der Waals surface area contributed by atoms with Gasteiger partial charge in [0.1, 0.15) is 18.1 Å². The van der Waals surface area contributed by atoms with Gasteiger partial charge in [-0.2, -0.15) is 0 Å². The summed E-state index contributed by atoms with van der Waals surface area (Å²) in [6.07, 6.45) is 0. The smallest absolute Gasteiger partial charge is 0.365 e. The monoisotopic (exact) mass is 410 g/mol. The molecule has 7 heteroatoms. The van der Waals surface area contributed by atoms with E-state index in [1.54, 1.807) is 61.7 Å². The quantitative estimate of drug-likeness (QED) is 0.270. The number of hydrogen-bond acceptors (Lipinski definition) is 5. The van der Waals surface area contributed by atoms with Gasteiger partial charge in [-0.15, -0.1) is 0 Å². The Bertz CT molecular complexity index is 1000. The lowest BCUT2D eigenvalue weighted by atomic mass is 10.2. The zero-order chi connectivity index (χ0) is 20.6. The Labute approximate surface area is 173 Å². The Morgan fingerprint density at radius 2 is 1.55 bits per heavy atom. The Kier molecular flexibility index (Phi) is 6.71. The molecule has 3 aromatic carbocycles. The lowest BCUT2D eigenvalue weighted by molar-refractivity contribution is 0.0516. The van der Waals surface area contributed by atoms with Crippen LogP contribution in [-0.2, 0) is 11.4 Å². The lowest BCUT2D eigenvalue weighted by Gasteiger charge is -2.08. The number of hydrogen-bond donors (Lipinski definition) is 1. The SMILES string of the molecule is COc1ccc(/C(N)=N\OC(=O)c2ccc(OCc3ccccc3Cl)cc2)cc1. The second-order valence-electron chi connectivity index (χ2n) is 5.99. The highest BCUT2D eigenvalue weighted by Crippen LogP contribution is 2.19. The van der Waals surface area contributed by atoms with E-state index < -0.39 is 5.97 Å². The maximum atomic E-state index is 12.2. The highest BCUT2D eigenvalue weighted by Gasteiger charge is 2.09. The summed E-state index contributed by atoms with van der Waals surface area (Å²) in [5.41, 5.74) is 7.65. The van der Waals surface area contributed by atoms with Crippen molar-refractivity contribution in [3.63, 3.8) is 0 Å². The molecule has 0 saturated carbocycles. The molecule has 148 valence electrons. The second kappa shape index (κ2) is 9.61. The van der Waals surface area contributed by atoms with Gasteiger partial charge in [0.15, 0.2) is 5.84 Å². The van der Waals surface area contributed by atoms with Crippen LogP contribution in [0.4, 0.5) is 0 Å². The first-order chi connectivity index (χ1) is 14.1. The lowest BCUT2D eigenvalue weighted by Crippen LogP contribution is -2.15. The van der Waals surface area contributed by atoms with Crippen LogP contribution in [0.3, 0.4) is 0 Å². The number of rotatable bonds is 7. The maximum Gasteiger partial charge on any atom is 0.365 e. The highest BCUT2D eigenvalue weighted by molar-refractivity contribution is 6.31. The highest BCUT2D eigenvalue weighted by atomic mass is 35.5. The molecule has 0 aromatic heterocycles. The molecule has 0 saturated heterocycles. The third kappa shape index (κ3) is 5.49. The summed E-state index contributed by atoms with van der Waals surface area (Å²) in [7, 11) is 1.57. The zero-order valence-corrected chi connectivity index (χ0v) is 16.4. The molecule has 0 aliphatic carbocycles. The van der Waals surface area contributed by atoms with Gasteiger partial charge >= 0.3 is 5.97 Å². The maximum absolute atomic E-state index is 12.2. The average molecular weight is 411 g/mol. The Hall–Kier alpha value is -3.51. The molecule has 0 aliphatic heterocycles. The van der Waals surface area contributed by atoms with E-state index in [4.69, 9.17) is 31.6 Å². The molecule has 6 nitrogen and oxygen atoms in total. The Morgan fingerprint density at radius 3 is 2.21 bits per heavy atom. The van der Waals surface area contributed by atoms with Crippen molar-refractivity contribution in [2.75, 3.05) is 7.11 Å². The van der Waals surface area contributed by atoms with Crippen LogP contribution in [0, 0.1) is 0 Å². The number of halogens is 1. The van der Waals surface area contributed by atoms with Crippen molar-refractivity contribution in [1.82, 2.24) is 0 Å². The minimum atomic E-state index is -0.626. The number of nitrogens with zero attached hydrogens (tertiary/aromatic N) is 1. The van der Waals surface area contributed by atoms with Gasteiger partial charge in [-0.1, -0.05) is 35.0 Å². The van der Waals surface area contributed by atoms with E-state index >= 15 is 0 Å². The zero-order valence-electron chi connectivity index (χ0n) is 15.7. The van der Waals surface area contributed by atoms with Crippen LogP contribution in [-0.4, -0.2) is 18.9 Å². The molecule has 0 aliphatic rings. The summed E-state index contributed by atoms with van der Waals surface area (Å²) in [5, 5.41) is 4.33. The molecule has 0 bridgehead atoms. The molecular weight excluding hydrogens is 392 g/mol. The van der Waals surface area contributed by atoms with Gasteiger partial charge < -0.3 is 20.0 Å². The number of carbonyl (C=O) groups is 1. The van der Waals surface area contributed by atoms with Crippen LogP contribution in [0.15, 0.2) is 78.0 Å². The average Bonchev–Trinajstić information content (AvgIpc) is 2.77. The molecule has 0 atom stereocenters. The van der Waals surface area contributed by atoms with Crippen molar-refractivity contribution in [1.29, 1.82) is 0 Å². The minimum absolute atomic E-state index is 0.0840. The van der Waals surface area contributed by atoms with E-state index in [9.17, 15) is 4.79 Å². The summed E-state index contributed by atoms with van der Waals surface area (Å²) in [6.45, 7) is 0.326. The van der Waals surface area contributed by atoms with Gasteiger partial charge in [0.05, 0.1) is 12.7 Å². The van der Waals surface area contributed by atoms with Crippen molar-refractivity contribution in [2.24, 2.45) is 10.9 Å². The van der Waals surface area contributed by atoms with E-state index in [1.807, 2.05) is 18.2 Å². The van der Waals surface area contributed by atoms with E-state index in [0.717, 1.165) is 5.56 Å². The molecule has 29 heavy (non-hydrogen) atoms. The van der Waals surface area contributed by atoms with Crippen molar-refractivity contribution in [3.05, 3.63) is 94.5 Å². The van der Waals surface area contributed by atoms with Crippen LogP contribution in [0.25, 0.3) is 0 Å². The van der Waals surface area contributed by atoms with Crippen molar-refractivity contribution in [2.45, 2.75) is 6.61 Å². The summed E-state index contributed by atoms with van der Waals surface area (Å²) in [4.78, 5) is 17.1. The molecule has 2 N–H and O–H groups in total. The number of methoxy groups -OCH3 is 1. The molecule has 0 fully saturated rings. The first-order valence-electron chi connectivity index (χ1n) is 8.72. The second-order valence-corrected chi connectivity index (χ2v) is 6.40. The van der Waals surface area contributed by atoms with Gasteiger partial charge in [0, 0.05) is 16.1 Å². The van der Waals surface area contributed by atoms with Crippen LogP contribution in [0.2, 0.25) is 5.02 Å². The van der Waals surface area contributed by atoms with Gasteiger partial charge in [-0.05, 0) is 54.6 Å². The Balaban J connectivity index is 1.57. The molecule has 3 aromatic rings. The number of oxime groups is 1. The third-order valence-corrected chi connectivity index (χ3v) is 4.42. The van der Waals surface area contributed by atoms with Crippen LogP contribution in [0.1, 0.15) is 21.5 Å². The predicted octanol–water partition coefficient (Wildman–Crippen LogP) is 4.40. The van der Waals surface area contributed by atoms with Gasteiger partial charge in [0.25, 0.3) is 0 Å².